The fourth-order valence-electron chi connectivity index (χ4n) is 3.15. The van der Waals surface area contributed by atoms with Gasteiger partial charge in [-0.3, -0.25) is 4.79 Å². The molecule has 21 heavy (non-hydrogen) atoms. The molecule has 2 aromatic rings. The van der Waals surface area contributed by atoms with Gasteiger partial charge in [-0.15, -0.1) is 0 Å². The first-order valence-corrected chi connectivity index (χ1v) is 7.70. The zero-order chi connectivity index (χ0) is 14.8. The minimum absolute atomic E-state index is 0.0450. The van der Waals surface area contributed by atoms with Crippen molar-refractivity contribution in [2.75, 3.05) is 13.1 Å². The molecule has 1 aliphatic rings. The van der Waals surface area contributed by atoms with Crippen molar-refractivity contribution in [3.63, 3.8) is 0 Å². The number of hydrogen-bond acceptors (Lipinski definition) is 2. The molecule has 3 heteroatoms. The molecule has 1 saturated heterocycles. The van der Waals surface area contributed by atoms with Crippen molar-refractivity contribution < 1.29 is 9.90 Å². The molecule has 0 saturated carbocycles. The van der Waals surface area contributed by atoms with E-state index in [0.29, 0.717) is 11.5 Å². The topological polar surface area (TPSA) is 40.5 Å². The first-order valence-electron chi connectivity index (χ1n) is 7.70. The average Bonchev–Trinajstić information content (AvgIpc) is 2.53. The van der Waals surface area contributed by atoms with Crippen molar-refractivity contribution in [2.45, 2.75) is 26.2 Å². The lowest BCUT2D eigenvalue weighted by Gasteiger charge is -2.32. The molecule has 1 amide bonds. The van der Waals surface area contributed by atoms with E-state index in [1.165, 1.54) is 6.42 Å². The van der Waals surface area contributed by atoms with E-state index in [1.54, 1.807) is 6.07 Å². The van der Waals surface area contributed by atoms with Crippen LogP contribution >= 0.6 is 0 Å². The van der Waals surface area contributed by atoms with E-state index in [4.69, 9.17) is 0 Å². The highest BCUT2D eigenvalue weighted by molar-refractivity contribution is 6.01. The van der Waals surface area contributed by atoms with E-state index in [-0.39, 0.29) is 11.7 Å². The van der Waals surface area contributed by atoms with Crippen molar-refractivity contribution in [2.24, 2.45) is 5.92 Å². The minimum atomic E-state index is -0.0450. The van der Waals surface area contributed by atoms with Crippen LogP contribution in [0.5, 0.6) is 5.75 Å². The summed E-state index contributed by atoms with van der Waals surface area (Å²) in [5.74, 6) is 0.624. The Balaban J connectivity index is 1.92. The molecule has 0 bridgehead atoms. The second-order valence-electron chi connectivity index (χ2n) is 5.88. The second-order valence-corrected chi connectivity index (χ2v) is 5.88. The van der Waals surface area contributed by atoms with Crippen LogP contribution in [0.15, 0.2) is 36.4 Å². The Bertz CT molecular complexity index is 665. The predicted molar refractivity (Wildman–Crippen MR) is 84.5 cm³/mol. The molecular weight excluding hydrogens is 262 g/mol. The number of phenolic OH excluding ortho intramolecular Hbond substituents is 1. The number of fused-ring (bicyclic) bond motifs is 1. The maximum absolute atomic E-state index is 12.7. The number of likely N-dealkylation sites (tertiary alicyclic amines) is 1. The van der Waals surface area contributed by atoms with Gasteiger partial charge < -0.3 is 10.0 Å². The van der Waals surface area contributed by atoms with Gasteiger partial charge in [0, 0.05) is 13.1 Å². The van der Waals surface area contributed by atoms with Gasteiger partial charge in [0.15, 0.2) is 0 Å². The number of benzene rings is 2. The molecule has 1 N–H and O–H groups in total. The lowest BCUT2D eigenvalue weighted by Crippen LogP contribution is -2.39. The Morgan fingerprint density at radius 1 is 1.29 bits per heavy atom. The number of hydrogen-bond donors (Lipinski definition) is 1. The molecular formula is C18H21NO2. The van der Waals surface area contributed by atoms with Crippen molar-refractivity contribution in [3.8, 4) is 5.75 Å². The van der Waals surface area contributed by atoms with Gasteiger partial charge in [-0.2, -0.15) is 0 Å². The number of piperidine rings is 1. The van der Waals surface area contributed by atoms with Crippen LogP contribution in [-0.2, 0) is 0 Å². The summed E-state index contributed by atoms with van der Waals surface area (Å²) in [5, 5.41) is 12.1. The molecule has 1 heterocycles. The van der Waals surface area contributed by atoms with Crippen molar-refractivity contribution in [1.82, 2.24) is 4.90 Å². The van der Waals surface area contributed by atoms with Crippen LogP contribution in [0.1, 0.15) is 36.5 Å². The molecule has 0 aromatic heterocycles. The van der Waals surface area contributed by atoms with Crippen molar-refractivity contribution in [3.05, 3.63) is 42.0 Å². The highest BCUT2D eigenvalue weighted by Gasteiger charge is 2.25. The van der Waals surface area contributed by atoms with E-state index >= 15 is 0 Å². The maximum Gasteiger partial charge on any atom is 0.257 e. The standard InChI is InChI=1S/C18H21NO2/c1-2-13-6-5-9-19(12-13)18(21)16-10-14-7-3-4-8-15(14)11-17(16)20/h3-4,7-8,10-11,13,20H,2,5-6,9,12H2,1H3. The largest absolute Gasteiger partial charge is 0.507 e. The number of rotatable bonds is 2. The van der Waals surface area contributed by atoms with Crippen molar-refractivity contribution in [1.29, 1.82) is 0 Å². The third-order valence-corrected chi connectivity index (χ3v) is 4.48. The maximum atomic E-state index is 12.7. The minimum Gasteiger partial charge on any atom is -0.507 e. The Morgan fingerprint density at radius 3 is 2.71 bits per heavy atom. The zero-order valence-electron chi connectivity index (χ0n) is 12.4. The summed E-state index contributed by atoms with van der Waals surface area (Å²) in [6, 6.07) is 11.3. The van der Waals surface area contributed by atoms with E-state index < -0.39 is 0 Å². The molecule has 1 aliphatic heterocycles. The number of carbonyl (C=O) groups excluding carboxylic acids is 1. The molecule has 0 aliphatic carbocycles. The van der Waals surface area contributed by atoms with Gasteiger partial charge in [0.2, 0.25) is 0 Å². The highest BCUT2D eigenvalue weighted by Crippen LogP contribution is 2.28. The van der Waals surface area contributed by atoms with Gasteiger partial charge in [0.25, 0.3) is 5.91 Å². The van der Waals surface area contributed by atoms with Crippen LogP contribution in [0.25, 0.3) is 10.8 Å². The molecule has 110 valence electrons. The van der Waals surface area contributed by atoms with Gasteiger partial charge in [-0.1, -0.05) is 37.6 Å². The molecule has 3 nitrogen and oxygen atoms in total. The lowest BCUT2D eigenvalue weighted by molar-refractivity contribution is 0.0668. The molecule has 1 unspecified atom stereocenters. The smallest absolute Gasteiger partial charge is 0.257 e. The van der Waals surface area contributed by atoms with E-state index in [9.17, 15) is 9.90 Å². The van der Waals surface area contributed by atoms with Crippen LogP contribution in [0.2, 0.25) is 0 Å². The summed E-state index contributed by atoms with van der Waals surface area (Å²) in [7, 11) is 0. The lowest BCUT2D eigenvalue weighted by atomic mass is 9.95. The number of aromatic hydroxyl groups is 1. The highest BCUT2D eigenvalue weighted by atomic mass is 16.3. The molecule has 0 radical (unpaired) electrons. The first-order chi connectivity index (χ1) is 10.2. The molecule has 2 aromatic carbocycles. The number of amides is 1. The molecule has 0 spiro atoms. The Kier molecular flexibility index (Phi) is 3.82. The fraction of sp³-hybridized carbons (Fsp3) is 0.389. The Labute approximate surface area is 125 Å². The first kappa shape index (κ1) is 13.9. The fourth-order valence-corrected chi connectivity index (χ4v) is 3.15. The third kappa shape index (κ3) is 2.73. The van der Waals surface area contributed by atoms with Gasteiger partial charge >= 0.3 is 0 Å². The van der Waals surface area contributed by atoms with Crippen LogP contribution in [0.3, 0.4) is 0 Å². The monoisotopic (exact) mass is 283 g/mol. The summed E-state index contributed by atoms with van der Waals surface area (Å²) < 4.78 is 0. The molecule has 3 rings (SSSR count). The second kappa shape index (κ2) is 5.76. The Morgan fingerprint density at radius 2 is 2.00 bits per heavy atom. The summed E-state index contributed by atoms with van der Waals surface area (Å²) >= 11 is 0. The normalized spacial score (nSPS) is 18.9. The van der Waals surface area contributed by atoms with Gasteiger partial charge in [0.1, 0.15) is 5.75 Å². The zero-order valence-corrected chi connectivity index (χ0v) is 12.4. The molecule has 1 fully saturated rings. The van der Waals surface area contributed by atoms with E-state index in [0.717, 1.165) is 36.7 Å². The van der Waals surface area contributed by atoms with Crippen molar-refractivity contribution >= 4 is 16.7 Å². The van der Waals surface area contributed by atoms with E-state index in [2.05, 4.69) is 6.92 Å². The Hall–Kier alpha value is -2.03. The predicted octanol–water partition coefficient (Wildman–Crippen LogP) is 3.81. The summed E-state index contributed by atoms with van der Waals surface area (Å²) in [6.07, 6.45) is 3.36. The quantitative estimate of drug-likeness (QED) is 0.910. The van der Waals surface area contributed by atoms with Crippen LogP contribution in [0.4, 0.5) is 0 Å². The van der Waals surface area contributed by atoms with Gasteiger partial charge in [-0.05, 0) is 41.7 Å². The van der Waals surface area contributed by atoms with Gasteiger partial charge in [0.05, 0.1) is 5.56 Å². The SMILES string of the molecule is CCC1CCCN(C(=O)c2cc3ccccc3cc2O)C1. The third-order valence-electron chi connectivity index (χ3n) is 4.48. The summed E-state index contributed by atoms with van der Waals surface area (Å²) in [6.45, 7) is 3.77. The molecule has 1 atom stereocenters. The van der Waals surface area contributed by atoms with Crippen LogP contribution < -0.4 is 0 Å². The summed E-state index contributed by atoms with van der Waals surface area (Å²) in [4.78, 5) is 14.6. The number of nitrogens with zero attached hydrogens (tertiary/aromatic N) is 1. The van der Waals surface area contributed by atoms with E-state index in [1.807, 2.05) is 35.2 Å². The van der Waals surface area contributed by atoms with Crippen LogP contribution in [-0.4, -0.2) is 29.0 Å². The summed E-state index contributed by atoms with van der Waals surface area (Å²) in [5.41, 5.74) is 0.422. The van der Waals surface area contributed by atoms with Gasteiger partial charge in [-0.25, -0.2) is 0 Å². The van der Waals surface area contributed by atoms with Crippen LogP contribution in [0, 0.1) is 5.92 Å². The number of carbonyl (C=O) groups is 1. The average molecular weight is 283 g/mol. The number of phenols is 1.